The van der Waals surface area contributed by atoms with Gasteiger partial charge in [-0.3, -0.25) is 0 Å². The van der Waals surface area contributed by atoms with E-state index in [0.717, 1.165) is 32.0 Å². The van der Waals surface area contributed by atoms with Crippen molar-refractivity contribution in [1.82, 2.24) is 4.90 Å². The molecule has 1 aromatic carbocycles. The summed E-state index contributed by atoms with van der Waals surface area (Å²) in [5.74, 6) is 0.212. The molecule has 0 saturated carbocycles. The number of nitrogens with zero attached hydrogens (tertiary/aromatic N) is 1. The van der Waals surface area contributed by atoms with Crippen LogP contribution in [0.2, 0.25) is 0 Å². The minimum Gasteiger partial charge on any atom is -0.497 e. The number of nitrogens with one attached hydrogen (secondary N) is 1. The number of methoxy groups -OCH3 is 1. The average molecular weight is 288 g/mol. The van der Waals surface area contributed by atoms with Gasteiger partial charge in [0.05, 0.1) is 12.7 Å². The van der Waals surface area contributed by atoms with E-state index in [9.17, 15) is 13.2 Å². The Labute approximate surface area is 116 Å². The fourth-order valence-electron chi connectivity index (χ4n) is 2.51. The highest BCUT2D eigenvalue weighted by molar-refractivity contribution is 5.56. The molecule has 2 rings (SSSR count). The summed E-state index contributed by atoms with van der Waals surface area (Å²) in [6.45, 7) is 1.75. The van der Waals surface area contributed by atoms with Crippen molar-refractivity contribution >= 4 is 5.69 Å². The Hall–Kier alpha value is -1.43. The van der Waals surface area contributed by atoms with E-state index >= 15 is 0 Å². The summed E-state index contributed by atoms with van der Waals surface area (Å²) in [6, 6.07) is 4.07. The minimum absolute atomic E-state index is 0.0447. The third-order valence-corrected chi connectivity index (χ3v) is 3.52. The minimum atomic E-state index is -4.39. The molecule has 1 fully saturated rings. The molecule has 1 N–H and O–H groups in total. The van der Waals surface area contributed by atoms with E-state index in [2.05, 4.69) is 10.2 Å². The van der Waals surface area contributed by atoms with Crippen molar-refractivity contribution in [2.24, 2.45) is 0 Å². The fourth-order valence-corrected chi connectivity index (χ4v) is 2.51. The molecule has 0 amide bonds. The first-order valence-electron chi connectivity index (χ1n) is 6.60. The first-order chi connectivity index (χ1) is 9.40. The van der Waals surface area contributed by atoms with Gasteiger partial charge in [0, 0.05) is 18.3 Å². The topological polar surface area (TPSA) is 24.5 Å². The second-order valence-electron chi connectivity index (χ2n) is 5.16. The molecule has 1 saturated heterocycles. The van der Waals surface area contributed by atoms with Crippen LogP contribution in [-0.2, 0) is 6.18 Å². The van der Waals surface area contributed by atoms with Crippen LogP contribution < -0.4 is 10.1 Å². The molecule has 0 spiro atoms. The number of likely N-dealkylation sites (N-methyl/N-ethyl adjacent to an activating group) is 1. The summed E-state index contributed by atoms with van der Waals surface area (Å²) in [5.41, 5.74) is -0.552. The van der Waals surface area contributed by atoms with Crippen molar-refractivity contribution in [1.29, 1.82) is 0 Å². The lowest BCUT2D eigenvalue weighted by Gasteiger charge is -2.31. The zero-order valence-electron chi connectivity index (χ0n) is 11.6. The van der Waals surface area contributed by atoms with Crippen LogP contribution in [-0.4, -0.2) is 38.2 Å². The number of hydrogen-bond donors (Lipinski definition) is 1. The van der Waals surface area contributed by atoms with E-state index in [0.29, 0.717) is 0 Å². The third-order valence-electron chi connectivity index (χ3n) is 3.52. The molecule has 1 aliphatic rings. The summed E-state index contributed by atoms with van der Waals surface area (Å²) >= 11 is 0. The highest BCUT2D eigenvalue weighted by Gasteiger charge is 2.34. The predicted octanol–water partition coefficient (Wildman–Crippen LogP) is 3.22. The standard InChI is InChI=1S/C14H19F3N2O/c1-19-7-3-4-10(9-19)18-13-6-5-11(20-2)8-12(13)14(15,16)17/h5-6,8,10,18H,3-4,7,9H2,1-2H3. The van der Waals surface area contributed by atoms with Gasteiger partial charge in [-0.1, -0.05) is 0 Å². The van der Waals surface area contributed by atoms with Crippen LogP contribution in [0, 0.1) is 0 Å². The molecule has 3 nitrogen and oxygen atoms in total. The highest BCUT2D eigenvalue weighted by Crippen LogP contribution is 2.37. The van der Waals surface area contributed by atoms with Gasteiger partial charge < -0.3 is 15.0 Å². The van der Waals surface area contributed by atoms with Crippen molar-refractivity contribution in [3.63, 3.8) is 0 Å². The number of hydrogen-bond acceptors (Lipinski definition) is 3. The second kappa shape index (κ2) is 5.91. The molecule has 20 heavy (non-hydrogen) atoms. The second-order valence-corrected chi connectivity index (χ2v) is 5.16. The number of halogens is 3. The van der Waals surface area contributed by atoms with Gasteiger partial charge in [-0.05, 0) is 44.6 Å². The van der Waals surface area contributed by atoms with Gasteiger partial charge in [-0.2, -0.15) is 13.2 Å². The van der Waals surface area contributed by atoms with Crippen molar-refractivity contribution in [3.05, 3.63) is 23.8 Å². The van der Waals surface area contributed by atoms with Gasteiger partial charge in [0.2, 0.25) is 0 Å². The smallest absolute Gasteiger partial charge is 0.418 e. The maximum atomic E-state index is 13.1. The van der Waals surface area contributed by atoms with Crippen LogP contribution >= 0.6 is 0 Å². The normalized spacial score (nSPS) is 20.8. The molecule has 0 bridgehead atoms. The van der Waals surface area contributed by atoms with Gasteiger partial charge in [0.15, 0.2) is 0 Å². The third kappa shape index (κ3) is 3.56. The average Bonchev–Trinajstić information content (AvgIpc) is 2.38. The number of likely N-dealkylation sites (tertiary alicyclic amines) is 1. The number of ether oxygens (including phenoxy) is 1. The summed E-state index contributed by atoms with van der Waals surface area (Å²) in [4.78, 5) is 2.12. The van der Waals surface area contributed by atoms with Crippen LogP contribution in [0.4, 0.5) is 18.9 Å². The van der Waals surface area contributed by atoms with Crippen molar-refractivity contribution in [2.75, 3.05) is 32.6 Å². The first-order valence-corrected chi connectivity index (χ1v) is 6.60. The zero-order chi connectivity index (χ0) is 14.8. The molecule has 0 aromatic heterocycles. The molecular weight excluding hydrogens is 269 g/mol. The Bertz CT molecular complexity index is 462. The van der Waals surface area contributed by atoms with Gasteiger partial charge >= 0.3 is 6.18 Å². The molecular formula is C14H19F3N2O. The largest absolute Gasteiger partial charge is 0.497 e. The maximum Gasteiger partial charge on any atom is 0.418 e. The molecule has 112 valence electrons. The molecule has 1 heterocycles. The Kier molecular flexibility index (Phi) is 4.42. The summed E-state index contributed by atoms with van der Waals surface area (Å²) in [7, 11) is 3.34. The molecule has 0 radical (unpaired) electrons. The van der Waals surface area contributed by atoms with E-state index in [1.54, 1.807) is 6.07 Å². The lowest BCUT2D eigenvalue weighted by atomic mass is 10.0. The summed E-state index contributed by atoms with van der Waals surface area (Å²) in [5, 5.41) is 3.02. The molecule has 1 atom stereocenters. The van der Waals surface area contributed by atoms with Crippen LogP contribution in [0.5, 0.6) is 5.75 Å². The van der Waals surface area contributed by atoms with E-state index in [4.69, 9.17) is 4.74 Å². The maximum absolute atomic E-state index is 13.1. The van der Waals surface area contributed by atoms with Crippen molar-refractivity contribution in [3.8, 4) is 5.75 Å². The van der Waals surface area contributed by atoms with E-state index < -0.39 is 11.7 Å². The van der Waals surface area contributed by atoms with Gasteiger partial charge in [0.25, 0.3) is 0 Å². The summed E-state index contributed by atoms with van der Waals surface area (Å²) < 4.78 is 44.1. The molecule has 0 aliphatic carbocycles. The predicted molar refractivity (Wildman–Crippen MR) is 72.1 cm³/mol. The highest BCUT2D eigenvalue weighted by atomic mass is 19.4. The Morgan fingerprint density at radius 1 is 1.35 bits per heavy atom. The monoisotopic (exact) mass is 288 g/mol. The van der Waals surface area contributed by atoms with Crippen LogP contribution in [0.15, 0.2) is 18.2 Å². The van der Waals surface area contributed by atoms with Gasteiger partial charge in [-0.15, -0.1) is 0 Å². The number of rotatable bonds is 3. The fraction of sp³-hybridized carbons (Fsp3) is 0.571. The van der Waals surface area contributed by atoms with E-state index in [1.807, 2.05) is 7.05 Å². The lowest BCUT2D eigenvalue weighted by molar-refractivity contribution is -0.137. The molecule has 1 aliphatic heterocycles. The number of piperidine rings is 1. The Morgan fingerprint density at radius 2 is 2.10 bits per heavy atom. The van der Waals surface area contributed by atoms with Gasteiger partial charge in [0.1, 0.15) is 5.75 Å². The Morgan fingerprint density at radius 3 is 2.70 bits per heavy atom. The van der Waals surface area contributed by atoms with Crippen LogP contribution in [0.1, 0.15) is 18.4 Å². The van der Waals surface area contributed by atoms with Crippen LogP contribution in [0.3, 0.4) is 0 Å². The van der Waals surface area contributed by atoms with E-state index in [-0.39, 0.29) is 17.5 Å². The number of anilines is 1. The van der Waals surface area contributed by atoms with Crippen molar-refractivity contribution in [2.45, 2.75) is 25.1 Å². The van der Waals surface area contributed by atoms with Crippen molar-refractivity contribution < 1.29 is 17.9 Å². The van der Waals surface area contributed by atoms with Crippen LogP contribution in [0.25, 0.3) is 0 Å². The zero-order valence-corrected chi connectivity index (χ0v) is 11.6. The number of alkyl halides is 3. The number of benzene rings is 1. The summed E-state index contributed by atoms with van der Waals surface area (Å²) in [6.07, 6.45) is -2.52. The lowest BCUT2D eigenvalue weighted by Crippen LogP contribution is -2.40. The molecule has 1 unspecified atom stereocenters. The van der Waals surface area contributed by atoms with Gasteiger partial charge in [-0.25, -0.2) is 0 Å². The first kappa shape index (κ1) is 15.0. The quantitative estimate of drug-likeness (QED) is 0.924. The Balaban J connectivity index is 2.22. The molecule has 1 aromatic rings. The van der Waals surface area contributed by atoms with E-state index in [1.165, 1.54) is 13.2 Å². The molecule has 6 heteroatoms. The SMILES string of the molecule is COc1ccc(NC2CCCN(C)C2)c(C(F)(F)F)c1.